The minimum atomic E-state index is -1.27. The maximum absolute atomic E-state index is 11.6. The topological polar surface area (TPSA) is 89.9 Å². The van der Waals surface area contributed by atoms with Gasteiger partial charge in [-0.15, -0.1) is 0 Å². The van der Waals surface area contributed by atoms with E-state index in [2.05, 4.69) is 5.32 Å². The van der Waals surface area contributed by atoms with Crippen LogP contribution in [0.2, 0.25) is 0 Å². The van der Waals surface area contributed by atoms with Crippen molar-refractivity contribution >= 4 is 23.3 Å². The number of rotatable bonds is 5. The molecule has 0 saturated carbocycles. The number of nitrogens with zero attached hydrogens (tertiary/aromatic N) is 1. The van der Waals surface area contributed by atoms with Crippen molar-refractivity contribution in [2.45, 2.75) is 12.6 Å². The third kappa shape index (κ3) is 4.04. The van der Waals surface area contributed by atoms with Gasteiger partial charge in [0.05, 0.1) is 6.61 Å². The van der Waals surface area contributed by atoms with Crippen molar-refractivity contribution in [3.05, 3.63) is 22.4 Å². The molecule has 1 aromatic heterocycles. The van der Waals surface area contributed by atoms with Gasteiger partial charge in [-0.3, -0.25) is 0 Å². The van der Waals surface area contributed by atoms with Gasteiger partial charge in [-0.05, 0) is 22.4 Å². The zero-order chi connectivity index (χ0) is 12.8. The SMILES string of the molecule is CN(Cc1ccsc1)C(=O)NC(CO)C(=O)O. The molecule has 1 heterocycles. The minimum Gasteiger partial charge on any atom is -0.480 e. The van der Waals surface area contributed by atoms with Crippen LogP contribution in [0.5, 0.6) is 0 Å². The summed E-state index contributed by atoms with van der Waals surface area (Å²) in [5.74, 6) is -1.26. The van der Waals surface area contributed by atoms with Gasteiger partial charge < -0.3 is 20.4 Å². The summed E-state index contributed by atoms with van der Waals surface area (Å²) >= 11 is 1.52. The molecule has 0 aliphatic rings. The van der Waals surface area contributed by atoms with Crippen molar-refractivity contribution in [1.29, 1.82) is 0 Å². The van der Waals surface area contributed by atoms with Crippen LogP contribution in [0.4, 0.5) is 4.79 Å². The number of hydrogen-bond acceptors (Lipinski definition) is 4. The zero-order valence-corrected chi connectivity index (χ0v) is 10.1. The highest BCUT2D eigenvalue weighted by Crippen LogP contribution is 2.08. The van der Waals surface area contributed by atoms with E-state index in [4.69, 9.17) is 10.2 Å². The lowest BCUT2D eigenvalue weighted by Gasteiger charge is -2.19. The summed E-state index contributed by atoms with van der Waals surface area (Å²) in [7, 11) is 1.56. The molecule has 0 fully saturated rings. The highest BCUT2D eigenvalue weighted by atomic mass is 32.1. The fourth-order valence-corrected chi connectivity index (χ4v) is 1.83. The number of nitrogens with one attached hydrogen (secondary N) is 1. The van der Waals surface area contributed by atoms with Gasteiger partial charge in [0.25, 0.3) is 0 Å². The molecule has 0 radical (unpaired) electrons. The number of urea groups is 1. The molecule has 0 saturated heterocycles. The molecule has 0 aromatic carbocycles. The van der Waals surface area contributed by atoms with Crippen LogP contribution in [0.1, 0.15) is 5.56 Å². The lowest BCUT2D eigenvalue weighted by Crippen LogP contribution is -2.48. The van der Waals surface area contributed by atoms with Crippen LogP contribution >= 0.6 is 11.3 Å². The average Bonchev–Trinajstić information content (AvgIpc) is 2.77. The fraction of sp³-hybridized carbons (Fsp3) is 0.400. The molecule has 7 heteroatoms. The number of hydrogen-bond donors (Lipinski definition) is 3. The monoisotopic (exact) mass is 258 g/mol. The van der Waals surface area contributed by atoms with Crippen LogP contribution in [0, 0.1) is 0 Å². The smallest absolute Gasteiger partial charge is 0.328 e. The Morgan fingerprint density at radius 3 is 2.76 bits per heavy atom. The number of amides is 2. The van der Waals surface area contributed by atoms with Gasteiger partial charge in [0, 0.05) is 13.6 Å². The number of aliphatic hydroxyl groups excluding tert-OH is 1. The van der Waals surface area contributed by atoms with E-state index in [1.165, 1.54) is 16.2 Å². The minimum absolute atomic E-state index is 0.396. The largest absolute Gasteiger partial charge is 0.480 e. The first kappa shape index (κ1) is 13.5. The van der Waals surface area contributed by atoms with Gasteiger partial charge in [0.2, 0.25) is 0 Å². The van der Waals surface area contributed by atoms with Crippen LogP contribution in [0.15, 0.2) is 16.8 Å². The average molecular weight is 258 g/mol. The Kier molecular flexibility index (Phi) is 4.92. The van der Waals surface area contributed by atoms with Gasteiger partial charge in [-0.1, -0.05) is 0 Å². The molecule has 0 aliphatic carbocycles. The molecule has 2 amide bonds. The fourth-order valence-electron chi connectivity index (χ4n) is 1.17. The highest BCUT2D eigenvalue weighted by molar-refractivity contribution is 7.07. The molecule has 3 N–H and O–H groups in total. The number of carboxylic acids is 1. The second-order valence-electron chi connectivity index (χ2n) is 3.51. The van der Waals surface area contributed by atoms with E-state index in [0.29, 0.717) is 6.54 Å². The Labute approximate surface area is 102 Å². The van der Waals surface area contributed by atoms with Crippen LogP contribution in [0.25, 0.3) is 0 Å². The maximum Gasteiger partial charge on any atom is 0.328 e. The number of thiophene rings is 1. The Morgan fingerprint density at radius 1 is 1.59 bits per heavy atom. The van der Waals surface area contributed by atoms with Crippen LogP contribution in [-0.2, 0) is 11.3 Å². The van der Waals surface area contributed by atoms with Gasteiger partial charge in [-0.25, -0.2) is 9.59 Å². The molecule has 1 aromatic rings. The van der Waals surface area contributed by atoms with E-state index in [1.807, 2.05) is 16.8 Å². The van der Waals surface area contributed by atoms with E-state index in [-0.39, 0.29) is 0 Å². The van der Waals surface area contributed by atoms with Crippen molar-refractivity contribution in [2.75, 3.05) is 13.7 Å². The molecule has 1 atom stereocenters. The number of carbonyl (C=O) groups excluding carboxylic acids is 1. The van der Waals surface area contributed by atoms with Crippen LogP contribution in [-0.4, -0.2) is 46.8 Å². The lowest BCUT2D eigenvalue weighted by molar-refractivity contribution is -0.140. The molecule has 0 bridgehead atoms. The number of carboxylic acid groups (broad SMARTS) is 1. The second kappa shape index (κ2) is 6.21. The molecule has 17 heavy (non-hydrogen) atoms. The van der Waals surface area contributed by atoms with Crippen molar-refractivity contribution in [2.24, 2.45) is 0 Å². The molecular formula is C10H14N2O4S. The summed E-state index contributed by atoms with van der Waals surface area (Å²) in [5, 5.41) is 23.5. The van der Waals surface area contributed by atoms with E-state index in [1.54, 1.807) is 7.05 Å². The van der Waals surface area contributed by atoms with Gasteiger partial charge >= 0.3 is 12.0 Å². The quantitative estimate of drug-likeness (QED) is 0.710. The lowest BCUT2D eigenvalue weighted by atomic mass is 10.3. The van der Waals surface area contributed by atoms with Crippen LogP contribution in [0.3, 0.4) is 0 Å². The maximum atomic E-state index is 11.6. The Bertz CT molecular complexity index is 380. The second-order valence-corrected chi connectivity index (χ2v) is 4.29. The first-order valence-corrected chi connectivity index (χ1v) is 5.85. The summed E-state index contributed by atoms with van der Waals surface area (Å²) in [6.45, 7) is -0.236. The molecular weight excluding hydrogens is 244 g/mol. The third-order valence-corrected chi connectivity index (χ3v) is 2.86. The van der Waals surface area contributed by atoms with Crippen molar-refractivity contribution in [3.63, 3.8) is 0 Å². The standard InChI is InChI=1S/C10H14N2O4S/c1-12(4-7-2-3-17-6-7)10(16)11-8(5-13)9(14)15/h2-3,6,8,13H,4-5H2,1H3,(H,11,16)(H,14,15). The van der Waals surface area contributed by atoms with E-state index >= 15 is 0 Å². The molecule has 0 spiro atoms. The van der Waals surface area contributed by atoms with Crippen LogP contribution < -0.4 is 5.32 Å². The van der Waals surface area contributed by atoms with Gasteiger partial charge in [-0.2, -0.15) is 11.3 Å². The van der Waals surface area contributed by atoms with Gasteiger partial charge in [0.1, 0.15) is 0 Å². The molecule has 1 rings (SSSR count). The van der Waals surface area contributed by atoms with E-state index in [0.717, 1.165) is 5.56 Å². The molecule has 1 unspecified atom stereocenters. The molecule has 0 aliphatic heterocycles. The van der Waals surface area contributed by atoms with Gasteiger partial charge in [0.15, 0.2) is 6.04 Å². The number of carbonyl (C=O) groups is 2. The predicted octanol–water partition coefficient (Wildman–Crippen LogP) is 0.335. The summed E-state index contributed by atoms with van der Waals surface area (Å²) in [6.07, 6.45) is 0. The zero-order valence-electron chi connectivity index (χ0n) is 9.29. The number of aliphatic hydroxyl groups is 1. The Morgan fingerprint density at radius 2 is 2.29 bits per heavy atom. The highest BCUT2D eigenvalue weighted by Gasteiger charge is 2.20. The number of aliphatic carboxylic acids is 1. The van der Waals surface area contributed by atoms with Crippen molar-refractivity contribution < 1.29 is 19.8 Å². The summed E-state index contributed by atoms with van der Waals surface area (Å²) in [5.41, 5.74) is 0.975. The first-order chi connectivity index (χ1) is 8.04. The summed E-state index contributed by atoms with van der Waals surface area (Å²) in [4.78, 5) is 23.6. The van der Waals surface area contributed by atoms with E-state index in [9.17, 15) is 9.59 Å². The summed E-state index contributed by atoms with van der Waals surface area (Å²) < 4.78 is 0. The molecule has 6 nitrogen and oxygen atoms in total. The van der Waals surface area contributed by atoms with E-state index < -0.39 is 24.6 Å². The predicted molar refractivity (Wildman–Crippen MR) is 62.8 cm³/mol. The third-order valence-electron chi connectivity index (χ3n) is 2.12. The molecule has 94 valence electrons. The Hall–Kier alpha value is -1.60. The Balaban J connectivity index is 2.49. The first-order valence-electron chi connectivity index (χ1n) is 4.91. The summed E-state index contributed by atoms with van der Waals surface area (Å²) in [6, 6.07) is 0.0832. The van der Waals surface area contributed by atoms with Crippen molar-refractivity contribution in [3.8, 4) is 0 Å². The normalized spacial score (nSPS) is 11.9. The van der Waals surface area contributed by atoms with Crippen molar-refractivity contribution in [1.82, 2.24) is 10.2 Å².